The summed E-state index contributed by atoms with van der Waals surface area (Å²) in [4.78, 5) is 12.2. The predicted octanol–water partition coefficient (Wildman–Crippen LogP) is 8.12. The highest BCUT2D eigenvalue weighted by atomic mass is 16.5. The van der Waals surface area contributed by atoms with Crippen molar-refractivity contribution in [3.05, 3.63) is 24.3 Å². The maximum Gasteiger partial charge on any atom is 0.238 e. The lowest BCUT2D eigenvalue weighted by molar-refractivity contribution is -0.115. The van der Waals surface area contributed by atoms with Crippen LogP contribution in [0.5, 0.6) is 5.75 Å². The number of benzene rings is 1. The Balaban J connectivity index is 1.92. The van der Waals surface area contributed by atoms with Crippen molar-refractivity contribution in [2.24, 2.45) is 5.92 Å². The molecule has 4 nitrogen and oxygen atoms in total. The smallest absolute Gasteiger partial charge is 0.238 e. The molecule has 0 aromatic heterocycles. The number of nitrogens with one attached hydrogen (secondary N) is 2. The van der Waals surface area contributed by atoms with Crippen LogP contribution in [0, 0.1) is 5.92 Å². The van der Waals surface area contributed by atoms with Gasteiger partial charge in [0.15, 0.2) is 0 Å². The molecule has 0 saturated carbocycles. The van der Waals surface area contributed by atoms with E-state index in [2.05, 4.69) is 31.4 Å². The molecule has 0 fully saturated rings. The Morgan fingerprint density at radius 2 is 1.42 bits per heavy atom. The fraction of sp³-hybridized carbons (Fsp3) is 0.759. The fourth-order valence-electron chi connectivity index (χ4n) is 3.93. The first-order valence-corrected chi connectivity index (χ1v) is 13.8. The van der Waals surface area contributed by atoms with Gasteiger partial charge in [-0.3, -0.25) is 4.79 Å². The molecule has 0 aliphatic rings. The van der Waals surface area contributed by atoms with Crippen LogP contribution in [0.1, 0.15) is 117 Å². The summed E-state index contributed by atoms with van der Waals surface area (Å²) in [5.74, 6) is 1.43. The molecule has 190 valence electrons. The molecule has 0 bridgehead atoms. The van der Waals surface area contributed by atoms with Gasteiger partial charge in [0, 0.05) is 11.8 Å². The zero-order chi connectivity index (χ0) is 24.0. The van der Waals surface area contributed by atoms with Crippen LogP contribution in [-0.4, -0.2) is 25.6 Å². The number of ether oxygens (including phenoxy) is 1. The van der Waals surface area contributed by atoms with Gasteiger partial charge in [-0.2, -0.15) is 0 Å². The normalized spacial score (nSPS) is 11.2. The minimum Gasteiger partial charge on any atom is -0.494 e. The van der Waals surface area contributed by atoms with E-state index in [1.807, 2.05) is 24.3 Å². The monoisotopic (exact) mass is 460 g/mol. The second-order valence-electron chi connectivity index (χ2n) is 9.88. The van der Waals surface area contributed by atoms with Gasteiger partial charge in [-0.05, 0) is 37.4 Å². The zero-order valence-corrected chi connectivity index (χ0v) is 21.9. The lowest BCUT2D eigenvalue weighted by atomic mass is 10.0. The van der Waals surface area contributed by atoms with Crippen LogP contribution in [0.25, 0.3) is 0 Å². The molecule has 1 aromatic carbocycles. The molecule has 1 amide bonds. The Morgan fingerprint density at radius 1 is 0.848 bits per heavy atom. The molecular formula is C29H52N2O2. The largest absolute Gasteiger partial charge is 0.494 e. The van der Waals surface area contributed by atoms with Gasteiger partial charge in [0.25, 0.3) is 0 Å². The van der Waals surface area contributed by atoms with Crippen molar-refractivity contribution in [1.29, 1.82) is 0 Å². The second-order valence-corrected chi connectivity index (χ2v) is 9.88. The molecule has 4 heteroatoms. The average Bonchev–Trinajstić information content (AvgIpc) is 2.79. The number of hydrogen-bond acceptors (Lipinski definition) is 3. The first kappa shape index (κ1) is 29.5. The maximum absolute atomic E-state index is 12.2. The Hall–Kier alpha value is -1.55. The van der Waals surface area contributed by atoms with Gasteiger partial charge < -0.3 is 15.4 Å². The molecule has 0 radical (unpaired) electrons. The molecule has 1 rings (SSSR count). The highest BCUT2D eigenvalue weighted by Gasteiger charge is 2.04. The van der Waals surface area contributed by atoms with E-state index in [0.717, 1.165) is 30.8 Å². The fourth-order valence-corrected chi connectivity index (χ4v) is 3.93. The molecule has 33 heavy (non-hydrogen) atoms. The minimum atomic E-state index is -0.000283. The van der Waals surface area contributed by atoms with Crippen LogP contribution in [0.4, 0.5) is 5.69 Å². The number of hydrogen-bond donors (Lipinski definition) is 2. The summed E-state index contributed by atoms with van der Waals surface area (Å²) in [7, 11) is 0. The van der Waals surface area contributed by atoms with E-state index in [1.165, 1.54) is 83.5 Å². The predicted molar refractivity (Wildman–Crippen MR) is 143 cm³/mol. The highest BCUT2D eigenvalue weighted by molar-refractivity contribution is 5.92. The van der Waals surface area contributed by atoms with Gasteiger partial charge in [-0.25, -0.2) is 0 Å². The van der Waals surface area contributed by atoms with Crippen LogP contribution in [0.3, 0.4) is 0 Å². The third kappa shape index (κ3) is 18.6. The van der Waals surface area contributed by atoms with E-state index in [9.17, 15) is 4.79 Å². The third-order valence-electron chi connectivity index (χ3n) is 6.07. The number of amides is 1. The molecule has 0 saturated heterocycles. The van der Waals surface area contributed by atoms with Gasteiger partial charge >= 0.3 is 0 Å². The van der Waals surface area contributed by atoms with Crippen LogP contribution >= 0.6 is 0 Å². The summed E-state index contributed by atoms with van der Waals surface area (Å²) < 4.78 is 5.77. The van der Waals surface area contributed by atoms with Crippen molar-refractivity contribution in [3.63, 3.8) is 0 Å². The first-order chi connectivity index (χ1) is 16.1. The molecule has 1 aromatic rings. The van der Waals surface area contributed by atoms with E-state index in [4.69, 9.17) is 4.74 Å². The van der Waals surface area contributed by atoms with Crippen LogP contribution < -0.4 is 15.4 Å². The summed E-state index contributed by atoms with van der Waals surface area (Å²) in [5.41, 5.74) is 0.792. The van der Waals surface area contributed by atoms with Gasteiger partial charge in [-0.1, -0.05) is 110 Å². The van der Waals surface area contributed by atoms with Crippen molar-refractivity contribution in [1.82, 2.24) is 5.32 Å². The quantitative estimate of drug-likeness (QED) is 0.172. The number of unbranched alkanes of at least 4 members (excludes halogenated alkanes) is 13. The highest BCUT2D eigenvalue weighted by Crippen LogP contribution is 2.18. The van der Waals surface area contributed by atoms with Gasteiger partial charge in [0.05, 0.1) is 13.2 Å². The number of carbonyl (C=O) groups is 1. The van der Waals surface area contributed by atoms with E-state index >= 15 is 0 Å². The molecule has 0 atom stereocenters. The van der Waals surface area contributed by atoms with Crippen molar-refractivity contribution in [2.45, 2.75) is 117 Å². The van der Waals surface area contributed by atoms with Crippen molar-refractivity contribution >= 4 is 11.6 Å². The van der Waals surface area contributed by atoms with Crippen molar-refractivity contribution in [2.75, 3.05) is 25.0 Å². The Bertz CT molecular complexity index is 589. The molecule has 0 spiro atoms. The zero-order valence-electron chi connectivity index (χ0n) is 21.9. The average molecular weight is 461 g/mol. The van der Waals surface area contributed by atoms with Crippen molar-refractivity contribution < 1.29 is 9.53 Å². The molecule has 0 heterocycles. The summed E-state index contributed by atoms with van der Waals surface area (Å²) >= 11 is 0. The number of carbonyl (C=O) groups excluding carboxylic acids is 1. The topological polar surface area (TPSA) is 50.4 Å². The molecular weight excluding hydrogens is 408 g/mol. The Labute approximate surface area is 204 Å². The lowest BCUT2D eigenvalue weighted by Gasteiger charge is -2.10. The lowest BCUT2D eigenvalue weighted by Crippen LogP contribution is -2.28. The third-order valence-corrected chi connectivity index (χ3v) is 6.07. The number of rotatable bonds is 22. The van der Waals surface area contributed by atoms with E-state index in [0.29, 0.717) is 19.1 Å². The Kier molecular flexibility index (Phi) is 18.8. The van der Waals surface area contributed by atoms with Crippen LogP contribution in [0.15, 0.2) is 24.3 Å². The van der Waals surface area contributed by atoms with Crippen molar-refractivity contribution in [3.8, 4) is 5.75 Å². The maximum atomic E-state index is 12.2. The summed E-state index contributed by atoms with van der Waals surface area (Å²) in [6.45, 7) is 8.62. The van der Waals surface area contributed by atoms with E-state index in [-0.39, 0.29) is 5.91 Å². The van der Waals surface area contributed by atoms with E-state index < -0.39 is 0 Å². The number of anilines is 1. The van der Waals surface area contributed by atoms with Crippen LogP contribution in [0.2, 0.25) is 0 Å². The Morgan fingerprint density at radius 3 is 2.00 bits per heavy atom. The summed E-state index contributed by atoms with van der Waals surface area (Å²) in [5, 5.41) is 6.22. The molecule has 0 aliphatic heterocycles. The molecule has 0 aliphatic carbocycles. The van der Waals surface area contributed by atoms with E-state index in [1.54, 1.807) is 0 Å². The van der Waals surface area contributed by atoms with Gasteiger partial charge in [-0.15, -0.1) is 0 Å². The summed E-state index contributed by atoms with van der Waals surface area (Å²) in [6.07, 6.45) is 20.2. The first-order valence-electron chi connectivity index (χ1n) is 13.8. The second kappa shape index (κ2) is 21.0. The molecule has 0 unspecified atom stereocenters. The van der Waals surface area contributed by atoms with Gasteiger partial charge in [0.1, 0.15) is 5.75 Å². The minimum absolute atomic E-state index is 0.000283. The molecule has 2 N–H and O–H groups in total. The SMILES string of the molecule is CCCCCCCCCCCCCCCCNCC(=O)Nc1cccc(OCCC(C)C)c1. The summed E-state index contributed by atoms with van der Waals surface area (Å²) in [6, 6.07) is 7.65. The standard InChI is InChI=1S/C29H52N2O2/c1-4-5-6-7-8-9-10-11-12-13-14-15-16-17-22-30-25-29(32)31-27-19-18-20-28(24-27)33-23-21-26(2)3/h18-20,24,26,30H,4-17,21-23,25H2,1-3H3,(H,31,32). The van der Waals surface area contributed by atoms with Gasteiger partial charge in [0.2, 0.25) is 5.91 Å². The van der Waals surface area contributed by atoms with Crippen LogP contribution in [-0.2, 0) is 4.79 Å².